The lowest BCUT2D eigenvalue weighted by molar-refractivity contribution is -0.192. The number of rotatable bonds is 15. The van der Waals surface area contributed by atoms with Crippen LogP contribution in [-0.4, -0.2) is 70.4 Å². The maximum absolute atomic E-state index is 13.8. The van der Waals surface area contributed by atoms with Crippen LogP contribution >= 0.6 is 22.7 Å². The van der Waals surface area contributed by atoms with Gasteiger partial charge in [0.15, 0.2) is 21.5 Å². The van der Waals surface area contributed by atoms with Crippen molar-refractivity contribution in [2.45, 2.75) is 144 Å². The van der Waals surface area contributed by atoms with E-state index in [0.717, 1.165) is 21.3 Å². The Balaban J connectivity index is 0.867. The molecular formula is C53H62N2O14S2. The smallest absolute Gasteiger partial charge is 0.314 e. The molecule has 0 aliphatic heterocycles. The zero-order valence-electron chi connectivity index (χ0n) is 41.0. The number of aryl methyl sites for hydroxylation is 2. The fraction of sp³-hybridized carbons (Fsp3) is 0.585. The van der Waals surface area contributed by atoms with Gasteiger partial charge in [-0.25, -0.2) is 9.97 Å². The van der Waals surface area contributed by atoms with E-state index in [0.29, 0.717) is 123 Å². The standard InChI is InChI=1S/C53H62N2O14S2/c1-27-24-28(2)43-42(25-27)70-46(54-43)47-55-44-40(68-52(62)38-20-18-37(19-21-38)51(61)67-31(5)66-50(60)36-12-8-33(9-13-36)30(4)57)22-23-41(45(44)71-47)69-53(63)39-16-14-35(15-17-39)49(59)65-26-64-48(58)34-10-6-32(7-11-34)29(3)56/h22-25,31-39H,6-21,26H2,1-5H3. The Morgan fingerprint density at radius 3 is 1.35 bits per heavy atom. The van der Waals surface area contributed by atoms with E-state index in [1.807, 2.05) is 13.8 Å². The summed E-state index contributed by atoms with van der Waals surface area (Å²) in [5.41, 5.74) is 3.32. The Hall–Kier alpha value is -5.62. The second-order valence-electron chi connectivity index (χ2n) is 19.9. The van der Waals surface area contributed by atoms with Crippen LogP contribution in [0.5, 0.6) is 11.5 Å². The molecule has 2 aromatic carbocycles. The van der Waals surface area contributed by atoms with E-state index in [4.69, 9.17) is 38.4 Å². The summed E-state index contributed by atoms with van der Waals surface area (Å²) >= 11 is 2.76. The number of benzene rings is 2. The number of esters is 6. The molecule has 1 atom stereocenters. The summed E-state index contributed by atoms with van der Waals surface area (Å²) in [5, 5.41) is 1.22. The monoisotopic (exact) mass is 1010 g/mol. The Kier molecular flexibility index (Phi) is 16.6. The predicted octanol–water partition coefficient (Wildman–Crippen LogP) is 9.88. The summed E-state index contributed by atoms with van der Waals surface area (Å²) in [4.78, 5) is 112. The minimum atomic E-state index is -1.07. The van der Waals surface area contributed by atoms with E-state index >= 15 is 0 Å². The van der Waals surface area contributed by atoms with Crippen molar-refractivity contribution in [3.63, 3.8) is 0 Å². The molecule has 0 bridgehead atoms. The third kappa shape index (κ3) is 12.5. The van der Waals surface area contributed by atoms with Gasteiger partial charge in [-0.2, -0.15) is 0 Å². The molecule has 380 valence electrons. The number of carbonyl (C=O) groups is 8. The van der Waals surface area contributed by atoms with Gasteiger partial charge in [0.1, 0.15) is 21.8 Å². The number of ether oxygens (including phenoxy) is 6. The summed E-state index contributed by atoms with van der Waals surface area (Å²) in [6, 6.07) is 7.29. The number of hydrogen-bond acceptors (Lipinski definition) is 18. The lowest BCUT2D eigenvalue weighted by Crippen LogP contribution is -2.33. The van der Waals surface area contributed by atoms with Gasteiger partial charge in [-0.1, -0.05) is 6.07 Å². The highest BCUT2D eigenvalue weighted by Gasteiger charge is 2.37. The fourth-order valence-corrected chi connectivity index (χ4v) is 12.8. The first-order valence-corrected chi connectivity index (χ1v) is 26.6. The minimum absolute atomic E-state index is 0.0192. The van der Waals surface area contributed by atoms with Gasteiger partial charge in [-0.15, -0.1) is 22.7 Å². The SMILES string of the molecule is CC(=O)C1CCC(C(=O)OCOC(=O)C2CCC(C(=O)Oc3ccc(OC(=O)C4CCC(C(=O)OC(C)OC(=O)C5CCC(C(C)=O)CC5)CC4)c4nc(-c5nc6c(C)cc(C)cc6s5)sc34)CC2)CC1. The van der Waals surface area contributed by atoms with Crippen molar-refractivity contribution >= 4 is 90.5 Å². The molecular weight excluding hydrogens is 953 g/mol. The van der Waals surface area contributed by atoms with Gasteiger partial charge in [0, 0.05) is 18.8 Å². The van der Waals surface area contributed by atoms with Crippen LogP contribution in [0.3, 0.4) is 0 Å². The average molecular weight is 1020 g/mol. The van der Waals surface area contributed by atoms with E-state index in [1.165, 1.54) is 29.6 Å². The van der Waals surface area contributed by atoms with Gasteiger partial charge >= 0.3 is 35.8 Å². The van der Waals surface area contributed by atoms with Crippen LogP contribution in [0.2, 0.25) is 0 Å². The van der Waals surface area contributed by atoms with Crippen LogP contribution in [0.4, 0.5) is 0 Å². The van der Waals surface area contributed by atoms with Gasteiger partial charge in [0.2, 0.25) is 13.1 Å². The molecule has 4 fully saturated rings. The molecule has 0 N–H and O–H groups in total. The van der Waals surface area contributed by atoms with Crippen molar-refractivity contribution in [3.8, 4) is 21.5 Å². The van der Waals surface area contributed by atoms with Gasteiger partial charge < -0.3 is 28.4 Å². The lowest BCUT2D eigenvalue weighted by Gasteiger charge is -2.28. The van der Waals surface area contributed by atoms with Crippen molar-refractivity contribution in [3.05, 3.63) is 35.4 Å². The molecule has 2 aromatic heterocycles. The number of nitrogens with zero attached hydrogens (tertiary/aromatic N) is 2. The molecule has 4 saturated carbocycles. The molecule has 71 heavy (non-hydrogen) atoms. The van der Waals surface area contributed by atoms with Crippen LogP contribution < -0.4 is 9.47 Å². The number of carbonyl (C=O) groups excluding carboxylic acids is 8. The van der Waals surface area contributed by atoms with E-state index in [2.05, 4.69) is 12.1 Å². The molecule has 1 unspecified atom stereocenters. The van der Waals surface area contributed by atoms with Gasteiger partial charge in [0.05, 0.1) is 45.7 Å². The highest BCUT2D eigenvalue weighted by atomic mass is 32.1. The van der Waals surface area contributed by atoms with Gasteiger partial charge in [0.25, 0.3) is 0 Å². The second-order valence-corrected chi connectivity index (χ2v) is 22.0. The first-order chi connectivity index (χ1) is 34.0. The zero-order valence-corrected chi connectivity index (χ0v) is 42.6. The van der Waals surface area contributed by atoms with Crippen molar-refractivity contribution in [1.29, 1.82) is 0 Å². The van der Waals surface area contributed by atoms with E-state index < -0.39 is 72.6 Å². The maximum atomic E-state index is 13.8. The first-order valence-electron chi connectivity index (χ1n) is 25.0. The van der Waals surface area contributed by atoms with Crippen molar-refractivity contribution in [2.75, 3.05) is 6.79 Å². The highest BCUT2D eigenvalue weighted by molar-refractivity contribution is 7.28. The summed E-state index contributed by atoms with van der Waals surface area (Å²) in [6.07, 6.45) is 6.76. The molecule has 0 saturated heterocycles. The summed E-state index contributed by atoms with van der Waals surface area (Å²) in [7, 11) is 0. The molecule has 8 rings (SSSR count). The maximum Gasteiger partial charge on any atom is 0.314 e. The molecule has 18 heteroatoms. The van der Waals surface area contributed by atoms with Gasteiger partial charge in [-0.05, 0) is 160 Å². The first kappa shape index (κ1) is 51.7. The Morgan fingerprint density at radius 1 is 0.507 bits per heavy atom. The third-order valence-corrected chi connectivity index (χ3v) is 17.1. The van der Waals surface area contributed by atoms with E-state index in [1.54, 1.807) is 26.0 Å². The van der Waals surface area contributed by atoms with Crippen LogP contribution in [0, 0.1) is 61.2 Å². The number of aromatic nitrogens is 2. The number of thiazole rings is 2. The predicted molar refractivity (Wildman–Crippen MR) is 261 cm³/mol. The quantitative estimate of drug-likeness (QED) is 0.0615. The molecule has 4 aromatic rings. The Labute approximate surface area is 420 Å². The van der Waals surface area contributed by atoms with Crippen LogP contribution in [0.15, 0.2) is 24.3 Å². The Morgan fingerprint density at radius 2 is 0.887 bits per heavy atom. The molecule has 0 radical (unpaired) electrons. The van der Waals surface area contributed by atoms with Crippen LogP contribution in [0.25, 0.3) is 30.4 Å². The van der Waals surface area contributed by atoms with Crippen molar-refractivity contribution in [1.82, 2.24) is 9.97 Å². The highest BCUT2D eigenvalue weighted by Crippen LogP contribution is 2.44. The van der Waals surface area contributed by atoms with Crippen LogP contribution in [0.1, 0.15) is 135 Å². The summed E-state index contributed by atoms with van der Waals surface area (Å²) < 4.78 is 35.2. The average Bonchev–Trinajstić information content (AvgIpc) is 4.01. The van der Waals surface area contributed by atoms with Crippen LogP contribution in [-0.2, 0) is 57.3 Å². The largest absolute Gasteiger partial charge is 0.428 e. The Bertz CT molecular complexity index is 2680. The summed E-state index contributed by atoms with van der Waals surface area (Å²) in [6.45, 7) is 8.20. The third-order valence-electron chi connectivity index (χ3n) is 14.9. The molecule has 2 heterocycles. The number of fused-ring (bicyclic) bond motifs is 2. The van der Waals surface area contributed by atoms with Crippen molar-refractivity contribution in [2.24, 2.45) is 47.3 Å². The minimum Gasteiger partial charge on any atom is -0.428 e. The lowest BCUT2D eigenvalue weighted by atomic mass is 9.80. The molecule has 16 nitrogen and oxygen atoms in total. The van der Waals surface area contributed by atoms with Gasteiger partial charge in [-0.3, -0.25) is 38.4 Å². The zero-order chi connectivity index (χ0) is 50.5. The number of ketones is 2. The van der Waals surface area contributed by atoms with E-state index in [-0.39, 0.29) is 46.7 Å². The molecule has 4 aliphatic carbocycles. The topological polar surface area (TPSA) is 218 Å². The second kappa shape index (κ2) is 22.9. The number of Topliss-reactive ketones (excluding diaryl/α,β-unsaturated/α-hetero) is 2. The van der Waals surface area contributed by atoms with Crippen molar-refractivity contribution < 1.29 is 66.8 Å². The molecule has 0 spiro atoms. The molecule has 0 amide bonds. The molecule has 4 aliphatic rings. The normalized spacial score (nSPS) is 25.1. The fourth-order valence-electron chi connectivity index (χ4n) is 10.6. The van der Waals surface area contributed by atoms with E-state index in [9.17, 15) is 38.4 Å². The summed E-state index contributed by atoms with van der Waals surface area (Å²) in [5.74, 6) is -4.73. The number of hydrogen-bond donors (Lipinski definition) is 0.